The number of amides is 1. The fourth-order valence-electron chi connectivity index (χ4n) is 3.19. The molecule has 0 saturated carbocycles. The maximum absolute atomic E-state index is 15.3. The molecule has 1 saturated heterocycles. The number of benzene rings is 1. The van der Waals surface area contributed by atoms with Gasteiger partial charge in [0.2, 0.25) is 5.91 Å². The van der Waals surface area contributed by atoms with Gasteiger partial charge in [-0.05, 0) is 29.8 Å². The van der Waals surface area contributed by atoms with E-state index in [0.717, 1.165) is 16.5 Å². The van der Waals surface area contributed by atoms with Crippen molar-refractivity contribution in [3.8, 4) is 0 Å². The minimum absolute atomic E-state index is 0.00705. The van der Waals surface area contributed by atoms with Gasteiger partial charge in [-0.15, -0.1) is 0 Å². The Morgan fingerprint density at radius 2 is 1.97 bits per heavy atom. The number of carbonyl (C=O) groups excluding carboxylic acids is 1. The number of anilines is 1. The molecule has 0 unspecified atom stereocenters. The van der Waals surface area contributed by atoms with Crippen molar-refractivity contribution in [3.05, 3.63) is 65.1 Å². The second kappa shape index (κ2) is 8.57. The fourth-order valence-corrected chi connectivity index (χ4v) is 4.54. The molecule has 5 nitrogen and oxygen atoms in total. The topological polar surface area (TPSA) is 56.7 Å². The van der Waals surface area contributed by atoms with Crippen LogP contribution < -0.4 is 4.90 Å². The van der Waals surface area contributed by atoms with E-state index in [0.29, 0.717) is 31.6 Å². The first-order valence-corrected chi connectivity index (χ1v) is 10.2. The van der Waals surface area contributed by atoms with Crippen molar-refractivity contribution in [1.29, 1.82) is 0 Å². The average molecular weight is 454 g/mol. The number of aliphatic hydroxyl groups is 1. The molecule has 1 aliphatic heterocycles. The van der Waals surface area contributed by atoms with Crippen molar-refractivity contribution in [3.63, 3.8) is 0 Å². The molecule has 29 heavy (non-hydrogen) atoms. The maximum Gasteiger partial charge on any atom is 0.246 e. The van der Waals surface area contributed by atoms with Crippen molar-refractivity contribution in [2.24, 2.45) is 0 Å². The van der Waals surface area contributed by atoms with Crippen LogP contribution in [0.1, 0.15) is 5.56 Å². The van der Waals surface area contributed by atoms with E-state index < -0.39 is 5.82 Å². The number of halogens is 3. The van der Waals surface area contributed by atoms with E-state index in [1.807, 2.05) is 0 Å². The Morgan fingerprint density at radius 3 is 2.52 bits per heavy atom. The van der Waals surface area contributed by atoms with Crippen molar-refractivity contribution >= 4 is 62.1 Å². The summed E-state index contributed by atoms with van der Waals surface area (Å²) < 4.78 is 19.6. The largest absolute Gasteiger partial charge is 0.509 e. The molecule has 2 heterocycles. The number of fused-ring (bicyclic) bond motifs is 1. The second-order valence-electron chi connectivity index (χ2n) is 6.40. The number of hydrogen-bond donors (Lipinski definition) is 1. The summed E-state index contributed by atoms with van der Waals surface area (Å²) in [4.78, 5) is 15.5. The number of aromatic nitrogens is 1. The summed E-state index contributed by atoms with van der Waals surface area (Å²) in [7, 11) is 0. The van der Waals surface area contributed by atoms with Gasteiger partial charge in [-0.1, -0.05) is 42.9 Å². The minimum Gasteiger partial charge on any atom is -0.509 e. The number of aliphatic hydroxyl groups excluding tert-OH is 1. The van der Waals surface area contributed by atoms with Gasteiger partial charge in [0.05, 0.1) is 5.02 Å². The summed E-state index contributed by atoms with van der Waals surface area (Å²) in [5, 5.41) is 11.0. The lowest BCUT2D eigenvalue weighted by Crippen LogP contribution is -2.48. The summed E-state index contributed by atoms with van der Waals surface area (Å²) in [6.07, 6.45) is 2.50. The zero-order valence-electron chi connectivity index (χ0n) is 15.4. The van der Waals surface area contributed by atoms with Crippen molar-refractivity contribution in [1.82, 2.24) is 9.27 Å². The van der Waals surface area contributed by atoms with E-state index in [-0.39, 0.29) is 38.4 Å². The maximum atomic E-state index is 15.3. The number of nitrogens with zero attached hydrogens (tertiary/aromatic N) is 3. The summed E-state index contributed by atoms with van der Waals surface area (Å²) in [5.41, 5.74) is 0.295. The molecule has 1 aromatic heterocycles. The summed E-state index contributed by atoms with van der Waals surface area (Å²) in [5.74, 6) is -1.06. The quantitative estimate of drug-likeness (QED) is 0.387. The standard InChI is InChI=1S/C20H18Cl2FN3O2S/c1-4-16(28)25-5-7-26(8-6-25)20-14-10-15(22)17(18(23)19(14)24-29-20)13(12(3)21)9-11(2)27/h4,9-10,27H,1-3,5-8H2/b13-9+. The molecule has 9 heteroatoms. The van der Waals surface area contributed by atoms with Crippen LogP contribution in [0, 0.1) is 5.82 Å². The van der Waals surface area contributed by atoms with Gasteiger partial charge in [0.15, 0.2) is 5.82 Å². The highest BCUT2D eigenvalue weighted by Gasteiger charge is 2.26. The molecule has 1 fully saturated rings. The van der Waals surface area contributed by atoms with Gasteiger partial charge in [-0.25, -0.2) is 4.39 Å². The molecule has 1 aliphatic rings. The lowest BCUT2D eigenvalue weighted by atomic mass is 10.0. The molecular weight excluding hydrogens is 436 g/mol. The van der Waals surface area contributed by atoms with Crippen LogP contribution in [-0.2, 0) is 4.79 Å². The molecule has 1 aromatic carbocycles. The predicted octanol–water partition coefficient (Wildman–Crippen LogP) is 5.13. The molecule has 0 atom stereocenters. The van der Waals surface area contributed by atoms with Crippen LogP contribution in [0.2, 0.25) is 5.02 Å². The Bertz CT molecular complexity index is 1060. The third-order valence-corrected chi connectivity index (χ3v) is 6.00. The van der Waals surface area contributed by atoms with E-state index in [1.165, 1.54) is 12.2 Å². The number of piperazine rings is 1. The van der Waals surface area contributed by atoms with Gasteiger partial charge in [0, 0.05) is 47.7 Å². The Hall–Kier alpha value is -2.35. The van der Waals surface area contributed by atoms with Crippen LogP contribution in [-0.4, -0.2) is 46.5 Å². The number of hydrogen-bond acceptors (Lipinski definition) is 5. The van der Waals surface area contributed by atoms with Crippen LogP contribution in [0.15, 0.2) is 48.7 Å². The third-order valence-electron chi connectivity index (χ3n) is 4.57. The van der Waals surface area contributed by atoms with E-state index in [9.17, 15) is 9.90 Å². The van der Waals surface area contributed by atoms with Gasteiger partial charge >= 0.3 is 0 Å². The molecular formula is C20H18Cl2FN3O2S. The van der Waals surface area contributed by atoms with Crippen LogP contribution in [0.3, 0.4) is 0 Å². The molecule has 1 amide bonds. The summed E-state index contributed by atoms with van der Waals surface area (Å²) in [6.45, 7) is 12.7. The van der Waals surface area contributed by atoms with Crippen molar-refractivity contribution in [2.45, 2.75) is 0 Å². The van der Waals surface area contributed by atoms with Gasteiger partial charge in [0.25, 0.3) is 0 Å². The lowest BCUT2D eigenvalue weighted by molar-refractivity contribution is -0.126. The van der Waals surface area contributed by atoms with Crippen molar-refractivity contribution < 1.29 is 14.3 Å². The highest BCUT2D eigenvalue weighted by molar-refractivity contribution is 7.11. The number of carbonyl (C=O) groups is 1. The molecule has 2 aromatic rings. The van der Waals surface area contributed by atoms with E-state index in [1.54, 1.807) is 11.0 Å². The first-order chi connectivity index (χ1) is 13.7. The van der Waals surface area contributed by atoms with Crippen LogP contribution in [0.25, 0.3) is 16.5 Å². The highest BCUT2D eigenvalue weighted by atomic mass is 35.5. The number of allylic oxidation sites excluding steroid dienone is 3. The molecule has 1 N–H and O–H groups in total. The Balaban J connectivity index is 2.01. The molecule has 152 valence electrons. The molecule has 0 spiro atoms. The molecule has 0 bridgehead atoms. The zero-order chi connectivity index (χ0) is 21.3. The monoisotopic (exact) mass is 453 g/mol. The van der Waals surface area contributed by atoms with Gasteiger partial charge < -0.3 is 14.9 Å². The Labute approximate surface area is 181 Å². The summed E-state index contributed by atoms with van der Waals surface area (Å²) in [6, 6.07) is 1.63. The van der Waals surface area contributed by atoms with Crippen LogP contribution >= 0.6 is 34.7 Å². The van der Waals surface area contributed by atoms with E-state index in [2.05, 4.69) is 29.0 Å². The molecule has 3 rings (SSSR count). The molecule has 0 radical (unpaired) electrons. The third kappa shape index (κ3) is 4.17. The average Bonchev–Trinajstić information content (AvgIpc) is 3.10. The summed E-state index contributed by atoms with van der Waals surface area (Å²) >= 11 is 13.5. The van der Waals surface area contributed by atoms with Crippen molar-refractivity contribution in [2.75, 3.05) is 31.1 Å². The first kappa shape index (κ1) is 21.4. The van der Waals surface area contributed by atoms with Crippen LogP contribution in [0.4, 0.5) is 9.39 Å². The highest BCUT2D eigenvalue weighted by Crippen LogP contribution is 2.41. The minimum atomic E-state index is -0.648. The van der Waals surface area contributed by atoms with Gasteiger partial charge in [-0.3, -0.25) is 4.79 Å². The predicted molar refractivity (Wildman–Crippen MR) is 118 cm³/mol. The smallest absolute Gasteiger partial charge is 0.246 e. The number of rotatable bonds is 5. The van der Waals surface area contributed by atoms with E-state index in [4.69, 9.17) is 23.2 Å². The lowest BCUT2D eigenvalue weighted by Gasteiger charge is -2.34. The normalized spacial score (nSPS) is 14.9. The second-order valence-corrected chi connectivity index (χ2v) is 8.02. The van der Waals surface area contributed by atoms with Gasteiger partial charge in [-0.2, -0.15) is 4.37 Å². The van der Waals surface area contributed by atoms with E-state index >= 15 is 4.39 Å². The first-order valence-electron chi connectivity index (χ1n) is 8.63. The fraction of sp³-hybridized carbons (Fsp3) is 0.200. The SMILES string of the molecule is C=CC(=O)N1CCN(c2snc3c(F)c(/C(=C/C(=C)O)C(=C)Cl)c(Cl)cc23)CC1. The van der Waals surface area contributed by atoms with Gasteiger partial charge in [0.1, 0.15) is 16.3 Å². The Morgan fingerprint density at radius 1 is 1.31 bits per heavy atom. The Kier molecular flexibility index (Phi) is 6.31. The molecule has 0 aliphatic carbocycles. The zero-order valence-corrected chi connectivity index (χ0v) is 17.7. The van der Waals surface area contributed by atoms with Crippen LogP contribution in [0.5, 0.6) is 0 Å².